The molecule has 0 saturated heterocycles. The van der Waals surface area contributed by atoms with Crippen LogP contribution in [0, 0.1) is 0 Å². The number of nitrogens with zero attached hydrogens (tertiary/aromatic N) is 1. The summed E-state index contributed by atoms with van der Waals surface area (Å²) in [4.78, 5) is 44.6. The quantitative estimate of drug-likeness (QED) is 0.259. The molecule has 0 heterocycles. The topological polar surface area (TPSA) is 149 Å². The van der Waals surface area contributed by atoms with Gasteiger partial charge in [-0.2, -0.15) is 5.48 Å². The molecule has 0 atom stereocenters. The molecule has 2 aromatic rings. The Kier molecular flexibility index (Phi) is 9.30. The van der Waals surface area contributed by atoms with Crippen LogP contribution in [-0.2, 0) is 27.3 Å². The molecule has 170 valence electrons. The first-order valence-electron chi connectivity index (χ1n) is 9.63. The zero-order chi connectivity index (χ0) is 23.7. The van der Waals surface area contributed by atoms with Crippen LogP contribution in [0.15, 0.2) is 41.4 Å². The van der Waals surface area contributed by atoms with Gasteiger partial charge in [-0.25, -0.2) is 9.79 Å². The molecule has 0 unspecified atom stereocenters. The standard InChI is InChI=1S/C21H23Cl2N5O4/c1-2-15-12(6-8-16(22)19(15)23)7-9-18(30)32-28-17(29)11-26-20(31)13-4-3-5-14(10-13)27-21(24)25/h3-6,8,10H,2,7,9,11H2,1H3,(H,26,31)(H,28,29)(H4,24,25,27). The smallest absolute Gasteiger partial charge is 0.332 e. The number of nitrogens with one attached hydrogen (secondary N) is 2. The van der Waals surface area contributed by atoms with Gasteiger partial charge in [0, 0.05) is 5.56 Å². The number of hydroxylamine groups is 1. The van der Waals surface area contributed by atoms with E-state index in [0.717, 1.165) is 11.1 Å². The van der Waals surface area contributed by atoms with Crippen molar-refractivity contribution >= 4 is 52.6 Å². The van der Waals surface area contributed by atoms with Gasteiger partial charge >= 0.3 is 5.97 Å². The highest BCUT2D eigenvalue weighted by molar-refractivity contribution is 6.42. The van der Waals surface area contributed by atoms with Crippen LogP contribution in [0.1, 0.15) is 34.8 Å². The van der Waals surface area contributed by atoms with Crippen LogP contribution in [0.2, 0.25) is 10.0 Å². The molecule has 0 radical (unpaired) electrons. The van der Waals surface area contributed by atoms with E-state index in [0.29, 0.717) is 28.6 Å². The van der Waals surface area contributed by atoms with Gasteiger partial charge in [-0.05, 0) is 48.2 Å². The number of rotatable bonds is 8. The Morgan fingerprint density at radius 2 is 1.88 bits per heavy atom. The number of hydrogen-bond donors (Lipinski definition) is 4. The molecule has 0 aliphatic heterocycles. The van der Waals surface area contributed by atoms with Gasteiger partial charge in [0.05, 0.1) is 28.7 Å². The second-order valence-corrected chi connectivity index (χ2v) is 7.41. The molecule has 2 rings (SSSR count). The summed E-state index contributed by atoms with van der Waals surface area (Å²) < 4.78 is 0. The molecule has 0 bridgehead atoms. The zero-order valence-corrected chi connectivity index (χ0v) is 18.8. The van der Waals surface area contributed by atoms with Gasteiger partial charge in [0.25, 0.3) is 11.8 Å². The minimum absolute atomic E-state index is 0.0230. The second kappa shape index (κ2) is 11.9. The van der Waals surface area contributed by atoms with Crippen molar-refractivity contribution in [3.63, 3.8) is 0 Å². The van der Waals surface area contributed by atoms with Crippen LogP contribution in [-0.4, -0.2) is 30.3 Å². The summed E-state index contributed by atoms with van der Waals surface area (Å²) in [5.41, 5.74) is 15.0. The number of benzene rings is 2. The molecule has 6 N–H and O–H groups in total. The normalized spacial score (nSPS) is 10.2. The Bertz CT molecular complexity index is 1040. The number of amides is 2. The average molecular weight is 480 g/mol. The van der Waals surface area contributed by atoms with Crippen LogP contribution >= 0.6 is 23.2 Å². The van der Waals surface area contributed by atoms with Crippen LogP contribution in [0.5, 0.6) is 0 Å². The highest BCUT2D eigenvalue weighted by atomic mass is 35.5. The van der Waals surface area contributed by atoms with Gasteiger partial charge in [-0.1, -0.05) is 42.3 Å². The Hall–Kier alpha value is -3.30. The van der Waals surface area contributed by atoms with Crippen molar-refractivity contribution in [3.8, 4) is 0 Å². The Morgan fingerprint density at radius 1 is 1.12 bits per heavy atom. The van der Waals surface area contributed by atoms with Crippen molar-refractivity contribution in [2.45, 2.75) is 26.2 Å². The van der Waals surface area contributed by atoms with E-state index in [9.17, 15) is 14.4 Å². The molecule has 0 aliphatic rings. The molecule has 9 nitrogen and oxygen atoms in total. The van der Waals surface area contributed by atoms with E-state index in [2.05, 4.69) is 10.3 Å². The molecule has 0 spiro atoms. The van der Waals surface area contributed by atoms with Gasteiger partial charge in [-0.3, -0.25) is 9.59 Å². The van der Waals surface area contributed by atoms with Crippen molar-refractivity contribution in [1.82, 2.24) is 10.8 Å². The molecule has 2 aromatic carbocycles. The number of halogens is 2. The number of aryl methyl sites for hydroxylation is 1. The molecule has 11 heteroatoms. The fourth-order valence-electron chi connectivity index (χ4n) is 2.82. The number of carbonyl (C=O) groups excluding carboxylic acids is 3. The average Bonchev–Trinajstić information content (AvgIpc) is 2.76. The summed E-state index contributed by atoms with van der Waals surface area (Å²) in [5.74, 6) is -2.00. The lowest BCUT2D eigenvalue weighted by Crippen LogP contribution is -2.38. The van der Waals surface area contributed by atoms with Crippen molar-refractivity contribution < 1.29 is 19.2 Å². The SMILES string of the molecule is CCc1c(CCC(=O)ONC(=O)CNC(=O)c2cccc(N=C(N)N)c2)ccc(Cl)c1Cl. The van der Waals surface area contributed by atoms with Gasteiger partial charge in [0.15, 0.2) is 5.96 Å². The molecule has 0 fully saturated rings. The monoisotopic (exact) mass is 479 g/mol. The molecule has 32 heavy (non-hydrogen) atoms. The van der Waals surface area contributed by atoms with Gasteiger partial charge < -0.3 is 21.6 Å². The minimum atomic E-state index is -0.698. The summed E-state index contributed by atoms with van der Waals surface area (Å²) in [6.07, 6.45) is 1.06. The molecule has 0 aliphatic carbocycles. The minimum Gasteiger partial charge on any atom is -0.370 e. The third-order valence-electron chi connectivity index (χ3n) is 4.30. The largest absolute Gasteiger partial charge is 0.370 e. The first-order valence-corrected chi connectivity index (χ1v) is 10.4. The van der Waals surface area contributed by atoms with Crippen LogP contribution < -0.4 is 22.3 Å². The number of carbonyl (C=O) groups is 3. The van der Waals surface area contributed by atoms with E-state index in [1.165, 1.54) is 12.1 Å². The third-order valence-corrected chi connectivity index (χ3v) is 5.14. The number of hydrogen-bond acceptors (Lipinski definition) is 5. The molecule has 0 aromatic heterocycles. The fraction of sp³-hybridized carbons (Fsp3) is 0.238. The third kappa shape index (κ3) is 7.44. The first-order chi connectivity index (χ1) is 15.2. The summed E-state index contributed by atoms with van der Waals surface area (Å²) >= 11 is 12.2. The lowest BCUT2D eigenvalue weighted by molar-refractivity contribution is -0.157. The number of nitrogens with two attached hydrogens (primary N) is 2. The van der Waals surface area contributed by atoms with Gasteiger partial charge in [0.2, 0.25) is 0 Å². The highest BCUT2D eigenvalue weighted by Crippen LogP contribution is 2.29. The van der Waals surface area contributed by atoms with E-state index in [1.54, 1.807) is 24.3 Å². The van der Waals surface area contributed by atoms with E-state index >= 15 is 0 Å². The van der Waals surface area contributed by atoms with Crippen molar-refractivity contribution in [2.75, 3.05) is 6.54 Å². The maximum absolute atomic E-state index is 12.2. The Labute approximate surface area is 195 Å². The maximum atomic E-state index is 12.2. The predicted molar refractivity (Wildman–Crippen MR) is 123 cm³/mol. The van der Waals surface area contributed by atoms with Crippen molar-refractivity contribution in [3.05, 3.63) is 63.1 Å². The second-order valence-electron chi connectivity index (χ2n) is 6.62. The predicted octanol–water partition coefficient (Wildman–Crippen LogP) is 2.40. The maximum Gasteiger partial charge on any atom is 0.332 e. The van der Waals surface area contributed by atoms with Gasteiger partial charge in [0.1, 0.15) is 0 Å². The van der Waals surface area contributed by atoms with Crippen LogP contribution in [0.3, 0.4) is 0 Å². The first kappa shape index (κ1) is 25.0. The summed E-state index contributed by atoms with van der Waals surface area (Å²) in [7, 11) is 0. The van der Waals surface area contributed by atoms with E-state index in [-0.39, 0.29) is 17.9 Å². The fourth-order valence-corrected chi connectivity index (χ4v) is 3.31. The van der Waals surface area contributed by atoms with Crippen LogP contribution in [0.25, 0.3) is 0 Å². The lowest BCUT2D eigenvalue weighted by Gasteiger charge is -2.11. The van der Waals surface area contributed by atoms with Crippen molar-refractivity contribution in [2.24, 2.45) is 16.5 Å². The highest BCUT2D eigenvalue weighted by Gasteiger charge is 2.13. The van der Waals surface area contributed by atoms with Crippen LogP contribution in [0.4, 0.5) is 5.69 Å². The summed E-state index contributed by atoms with van der Waals surface area (Å²) in [6.45, 7) is 1.54. The number of aliphatic imine (C=N–C) groups is 1. The van der Waals surface area contributed by atoms with Gasteiger partial charge in [-0.15, -0.1) is 0 Å². The summed E-state index contributed by atoms with van der Waals surface area (Å²) in [6, 6.07) is 9.67. The molecular formula is C21H23Cl2N5O4. The van der Waals surface area contributed by atoms with E-state index in [1.807, 2.05) is 12.4 Å². The molecular weight excluding hydrogens is 457 g/mol. The van der Waals surface area contributed by atoms with E-state index < -0.39 is 24.3 Å². The van der Waals surface area contributed by atoms with Crippen molar-refractivity contribution in [1.29, 1.82) is 0 Å². The summed E-state index contributed by atoms with van der Waals surface area (Å²) in [5, 5.41) is 3.32. The molecule has 2 amide bonds. The molecule has 0 saturated carbocycles. The zero-order valence-electron chi connectivity index (χ0n) is 17.3. The lowest BCUT2D eigenvalue weighted by atomic mass is 10.0. The Morgan fingerprint density at radius 3 is 2.56 bits per heavy atom. The number of guanidine groups is 1. The Balaban J connectivity index is 1.79. The van der Waals surface area contributed by atoms with E-state index in [4.69, 9.17) is 39.5 Å².